The second kappa shape index (κ2) is 9.79. The van der Waals surface area contributed by atoms with Gasteiger partial charge in [-0.3, -0.25) is 19.2 Å². The fraction of sp³-hybridized carbons (Fsp3) is 0.333. The van der Waals surface area contributed by atoms with Crippen molar-refractivity contribution in [2.24, 2.45) is 0 Å². The molecule has 3 amide bonds. The number of benzene rings is 1. The Morgan fingerprint density at radius 2 is 1.82 bits per heavy atom. The highest BCUT2D eigenvalue weighted by atomic mass is 32.1. The summed E-state index contributed by atoms with van der Waals surface area (Å²) in [7, 11) is 1.44. The number of H-pyrrole nitrogens is 1. The molecule has 1 aromatic heterocycles. The van der Waals surface area contributed by atoms with Gasteiger partial charge in [0.25, 0.3) is 0 Å². The third-order valence-electron chi connectivity index (χ3n) is 4.15. The Labute approximate surface area is 166 Å². The minimum atomic E-state index is -1.31. The summed E-state index contributed by atoms with van der Waals surface area (Å²) in [6.07, 6.45) is 1.33. The summed E-state index contributed by atoms with van der Waals surface area (Å²) in [6.45, 7) is 0. The van der Waals surface area contributed by atoms with Crippen molar-refractivity contribution in [1.82, 2.24) is 20.9 Å². The molecule has 0 saturated carbocycles. The monoisotopic (exact) mass is 406 g/mol. The molecule has 1 aromatic carbocycles. The molecule has 0 fully saturated rings. The molecule has 150 valence electrons. The number of aliphatic carboxylic acids is 1. The lowest BCUT2D eigenvalue weighted by atomic mass is 10.0. The normalized spacial score (nSPS) is 12.8. The van der Waals surface area contributed by atoms with Crippen LogP contribution in [0.2, 0.25) is 0 Å². The molecule has 5 N–H and O–H groups in total. The first-order valence-corrected chi connectivity index (χ1v) is 9.18. The van der Waals surface area contributed by atoms with Gasteiger partial charge in [0.15, 0.2) is 0 Å². The van der Waals surface area contributed by atoms with Crippen molar-refractivity contribution in [3.05, 3.63) is 36.0 Å². The van der Waals surface area contributed by atoms with Crippen LogP contribution in [-0.4, -0.2) is 58.7 Å². The molecule has 28 heavy (non-hydrogen) atoms. The fourth-order valence-corrected chi connectivity index (χ4v) is 2.89. The minimum Gasteiger partial charge on any atom is -0.481 e. The van der Waals surface area contributed by atoms with Crippen LogP contribution in [0.4, 0.5) is 0 Å². The van der Waals surface area contributed by atoms with Crippen molar-refractivity contribution in [2.45, 2.75) is 24.9 Å². The molecule has 0 radical (unpaired) electrons. The lowest BCUT2D eigenvalue weighted by molar-refractivity contribution is -0.140. The number of rotatable bonds is 9. The number of nitrogens with one attached hydrogen (secondary N) is 4. The topological polar surface area (TPSA) is 140 Å². The van der Waals surface area contributed by atoms with Crippen molar-refractivity contribution in [1.29, 1.82) is 0 Å². The van der Waals surface area contributed by atoms with E-state index in [2.05, 4.69) is 33.6 Å². The molecule has 9 nitrogen and oxygen atoms in total. The van der Waals surface area contributed by atoms with Gasteiger partial charge >= 0.3 is 5.97 Å². The largest absolute Gasteiger partial charge is 0.481 e. The Morgan fingerprint density at radius 1 is 1.11 bits per heavy atom. The molecular formula is C18H22N4O5S. The molecule has 0 spiro atoms. The smallest absolute Gasteiger partial charge is 0.305 e. The molecule has 10 heteroatoms. The van der Waals surface area contributed by atoms with Crippen LogP contribution >= 0.6 is 12.6 Å². The predicted octanol–water partition coefficient (Wildman–Crippen LogP) is -0.170. The number of carboxylic acids is 1. The Hall–Kier alpha value is -3.01. The third kappa shape index (κ3) is 5.49. The van der Waals surface area contributed by atoms with Gasteiger partial charge in [0.05, 0.1) is 12.2 Å². The van der Waals surface area contributed by atoms with Gasteiger partial charge in [-0.1, -0.05) is 18.2 Å². The maximum Gasteiger partial charge on any atom is 0.305 e. The molecule has 0 aliphatic heterocycles. The van der Waals surface area contributed by atoms with Gasteiger partial charge in [0.1, 0.15) is 12.1 Å². The Kier molecular flexibility index (Phi) is 7.44. The average molecular weight is 406 g/mol. The lowest BCUT2D eigenvalue weighted by Crippen LogP contribution is -2.54. The number of carbonyl (C=O) groups excluding carboxylic acids is 3. The van der Waals surface area contributed by atoms with Gasteiger partial charge < -0.3 is 26.0 Å². The zero-order valence-corrected chi connectivity index (χ0v) is 16.1. The number of para-hydroxylation sites is 1. The van der Waals surface area contributed by atoms with Crippen LogP contribution < -0.4 is 16.0 Å². The number of hydrogen-bond acceptors (Lipinski definition) is 5. The number of carbonyl (C=O) groups is 4. The van der Waals surface area contributed by atoms with E-state index in [4.69, 9.17) is 5.11 Å². The Balaban J connectivity index is 2.19. The van der Waals surface area contributed by atoms with Crippen LogP contribution in [0.25, 0.3) is 10.9 Å². The van der Waals surface area contributed by atoms with Crippen LogP contribution in [0.15, 0.2) is 30.5 Å². The lowest BCUT2D eigenvalue weighted by Gasteiger charge is -2.21. The first kappa shape index (κ1) is 21.3. The fourth-order valence-electron chi connectivity index (χ4n) is 2.80. The number of aromatic amines is 1. The summed E-state index contributed by atoms with van der Waals surface area (Å²) >= 11 is 3.80. The van der Waals surface area contributed by atoms with E-state index in [1.807, 2.05) is 24.3 Å². The second-order valence-electron chi connectivity index (χ2n) is 6.12. The molecule has 0 aliphatic carbocycles. The first-order chi connectivity index (χ1) is 13.3. The standard InChI is InChI=1S/C18H22N4O5S/c1-19-17(26)13(6-10-8-20-12-5-3-2-4-11(10)12)22-18(27)14(7-16(24)25)21-15(23)9-28/h2-5,8,13-14,20,28H,6-7,9H2,1H3,(H,19,26)(H,21,23)(H,22,27)(H,24,25). The molecule has 2 aromatic rings. The number of fused-ring (bicyclic) bond motifs is 1. The summed E-state index contributed by atoms with van der Waals surface area (Å²) in [5.74, 6) is -3.23. The number of carboxylic acid groups (broad SMARTS) is 1. The zero-order chi connectivity index (χ0) is 20.7. The van der Waals surface area contributed by atoms with Crippen molar-refractivity contribution >= 4 is 47.2 Å². The van der Waals surface area contributed by atoms with Crippen molar-refractivity contribution in [3.63, 3.8) is 0 Å². The van der Waals surface area contributed by atoms with E-state index in [1.165, 1.54) is 7.05 Å². The minimum absolute atomic E-state index is 0.190. The van der Waals surface area contributed by atoms with Crippen LogP contribution in [0.1, 0.15) is 12.0 Å². The van der Waals surface area contributed by atoms with Gasteiger partial charge in [-0.05, 0) is 11.6 Å². The Bertz CT molecular complexity index is 882. The van der Waals surface area contributed by atoms with E-state index in [1.54, 1.807) is 6.20 Å². The maximum absolute atomic E-state index is 12.6. The van der Waals surface area contributed by atoms with Crippen molar-refractivity contribution in [2.75, 3.05) is 12.8 Å². The van der Waals surface area contributed by atoms with E-state index in [9.17, 15) is 19.2 Å². The summed E-state index contributed by atoms with van der Waals surface area (Å²) in [5.41, 5.74) is 1.71. The van der Waals surface area contributed by atoms with Gasteiger partial charge in [-0.25, -0.2) is 0 Å². The van der Waals surface area contributed by atoms with Crippen molar-refractivity contribution < 1.29 is 24.3 Å². The Morgan fingerprint density at radius 3 is 2.46 bits per heavy atom. The summed E-state index contributed by atoms with van der Waals surface area (Å²) < 4.78 is 0. The highest BCUT2D eigenvalue weighted by molar-refractivity contribution is 7.81. The van der Waals surface area contributed by atoms with Gasteiger partial charge in [0, 0.05) is 30.6 Å². The number of hydrogen-bond donors (Lipinski definition) is 6. The second-order valence-corrected chi connectivity index (χ2v) is 6.43. The van der Waals surface area contributed by atoms with E-state index in [0.29, 0.717) is 0 Å². The van der Waals surface area contributed by atoms with Gasteiger partial charge in [-0.2, -0.15) is 12.6 Å². The maximum atomic E-state index is 12.6. The van der Waals surface area contributed by atoms with Gasteiger partial charge in [0.2, 0.25) is 17.7 Å². The van der Waals surface area contributed by atoms with Crippen molar-refractivity contribution in [3.8, 4) is 0 Å². The van der Waals surface area contributed by atoms with E-state index < -0.39 is 42.2 Å². The third-order valence-corrected chi connectivity index (χ3v) is 4.44. The van der Waals surface area contributed by atoms with E-state index in [-0.39, 0.29) is 12.2 Å². The first-order valence-electron chi connectivity index (χ1n) is 8.54. The number of likely N-dealkylation sites (N-methyl/N-ethyl adjacent to an activating group) is 1. The molecule has 0 saturated heterocycles. The van der Waals surface area contributed by atoms with Crippen LogP contribution in [-0.2, 0) is 25.6 Å². The predicted molar refractivity (Wildman–Crippen MR) is 106 cm³/mol. The number of aromatic nitrogens is 1. The zero-order valence-electron chi connectivity index (χ0n) is 15.2. The molecule has 0 bridgehead atoms. The highest BCUT2D eigenvalue weighted by Crippen LogP contribution is 2.19. The SMILES string of the molecule is CNC(=O)C(Cc1c[nH]c2ccccc12)NC(=O)C(CC(=O)O)NC(=O)CS. The summed E-state index contributed by atoms with van der Waals surface area (Å²) in [4.78, 5) is 50.5. The van der Waals surface area contributed by atoms with Crippen LogP contribution in [0.5, 0.6) is 0 Å². The average Bonchev–Trinajstić information content (AvgIpc) is 3.08. The molecule has 2 rings (SSSR count). The van der Waals surface area contributed by atoms with E-state index >= 15 is 0 Å². The molecule has 0 aliphatic rings. The molecule has 1 heterocycles. The molecule has 2 atom stereocenters. The summed E-state index contributed by atoms with van der Waals surface area (Å²) in [6, 6.07) is 5.27. The summed E-state index contributed by atoms with van der Waals surface area (Å²) in [5, 5.41) is 17.2. The highest BCUT2D eigenvalue weighted by Gasteiger charge is 2.28. The quantitative estimate of drug-likeness (QED) is 0.321. The molecular weight excluding hydrogens is 384 g/mol. The molecule has 2 unspecified atom stereocenters. The van der Waals surface area contributed by atoms with Crippen LogP contribution in [0.3, 0.4) is 0 Å². The van der Waals surface area contributed by atoms with E-state index in [0.717, 1.165) is 16.5 Å². The van der Waals surface area contributed by atoms with Crippen LogP contribution in [0, 0.1) is 0 Å². The number of thiol groups is 1. The van der Waals surface area contributed by atoms with Gasteiger partial charge in [-0.15, -0.1) is 0 Å². The number of amides is 3.